The molecule has 1 saturated heterocycles. The topological polar surface area (TPSA) is 92.5 Å². The zero-order valence-electron chi connectivity index (χ0n) is 12.8. The maximum absolute atomic E-state index is 11.9. The minimum Gasteiger partial charge on any atom is -0.377 e. The van der Waals surface area contributed by atoms with Crippen LogP contribution in [0.1, 0.15) is 39.5 Å². The molecule has 6 nitrogen and oxygen atoms in total. The van der Waals surface area contributed by atoms with E-state index in [1.807, 2.05) is 13.8 Å². The molecule has 0 saturated carbocycles. The fraction of sp³-hybridized carbons (Fsp3) is 0.667. The van der Waals surface area contributed by atoms with Crippen molar-refractivity contribution in [1.82, 2.24) is 10.2 Å². The van der Waals surface area contributed by atoms with Crippen molar-refractivity contribution < 1.29 is 14.4 Å². The standard InChI is InChI=1S/C15H25N3O3/c1-4-10(2)8-12(14(20)15(16)21)17-11(3)13-6-5-7-18(13)9-19/h9-10,12-13,17H,3-8H2,1-2H3,(H2,16,21). The fourth-order valence-corrected chi connectivity index (χ4v) is 2.58. The molecular formula is C15H25N3O3. The van der Waals surface area contributed by atoms with Crippen LogP contribution in [0.4, 0.5) is 0 Å². The largest absolute Gasteiger partial charge is 0.377 e. The van der Waals surface area contributed by atoms with Gasteiger partial charge in [0.2, 0.25) is 12.2 Å². The Balaban J connectivity index is 2.75. The summed E-state index contributed by atoms with van der Waals surface area (Å²) in [4.78, 5) is 35.8. The van der Waals surface area contributed by atoms with E-state index in [0.717, 1.165) is 25.7 Å². The van der Waals surface area contributed by atoms with Crippen molar-refractivity contribution in [2.75, 3.05) is 6.54 Å². The molecule has 1 fully saturated rings. The third-order valence-electron chi connectivity index (χ3n) is 4.09. The second-order valence-corrected chi connectivity index (χ2v) is 5.70. The van der Waals surface area contributed by atoms with E-state index in [1.54, 1.807) is 4.90 Å². The lowest BCUT2D eigenvalue weighted by molar-refractivity contribution is -0.137. The Hall–Kier alpha value is -1.85. The third-order valence-corrected chi connectivity index (χ3v) is 4.09. The molecule has 1 aliphatic heterocycles. The lowest BCUT2D eigenvalue weighted by Gasteiger charge is -2.27. The van der Waals surface area contributed by atoms with E-state index in [0.29, 0.717) is 18.7 Å². The van der Waals surface area contributed by atoms with Crippen LogP contribution < -0.4 is 11.1 Å². The van der Waals surface area contributed by atoms with Gasteiger partial charge in [0.25, 0.3) is 5.91 Å². The summed E-state index contributed by atoms with van der Waals surface area (Å²) < 4.78 is 0. The van der Waals surface area contributed by atoms with E-state index in [4.69, 9.17) is 5.73 Å². The molecule has 0 bridgehead atoms. The first-order valence-electron chi connectivity index (χ1n) is 7.40. The van der Waals surface area contributed by atoms with Crippen LogP contribution >= 0.6 is 0 Å². The number of nitrogens with two attached hydrogens (primary N) is 1. The van der Waals surface area contributed by atoms with Crippen LogP contribution in [-0.2, 0) is 14.4 Å². The predicted octanol–water partition coefficient (Wildman–Crippen LogP) is 0.570. The number of likely N-dealkylation sites (tertiary alicyclic amines) is 1. The number of rotatable bonds is 9. The second kappa shape index (κ2) is 7.81. The average molecular weight is 295 g/mol. The Labute approximate surface area is 125 Å². The predicted molar refractivity (Wildman–Crippen MR) is 80.1 cm³/mol. The summed E-state index contributed by atoms with van der Waals surface area (Å²) in [5.41, 5.74) is 5.71. The molecule has 118 valence electrons. The van der Waals surface area contributed by atoms with Crippen molar-refractivity contribution >= 4 is 18.1 Å². The number of hydrogen-bond acceptors (Lipinski definition) is 4. The van der Waals surface area contributed by atoms with Gasteiger partial charge in [-0.25, -0.2) is 0 Å². The maximum atomic E-state index is 11.9. The van der Waals surface area contributed by atoms with Crippen LogP contribution in [0.15, 0.2) is 12.3 Å². The molecule has 6 heteroatoms. The second-order valence-electron chi connectivity index (χ2n) is 5.70. The van der Waals surface area contributed by atoms with Crippen LogP contribution in [0, 0.1) is 5.92 Å². The molecule has 0 aromatic carbocycles. The summed E-state index contributed by atoms with van der Waals surface area (Å²) in [6, 6.07) is -0.790. The van der Waals surface area contributed by atoms with Gasteiger partial charge < -0.3 is 16.0 Å². The first-order chi connectivity index (χ1) is 9.90. The molecule has 1 heterocycles. The smallest absolute Gasteiger partial charge is 0.287 e. The lowest BCUT2D eigenvalue weighted by Crippen LogP contribution is -2.47. The molecule has 0 aromatic rings. The Morgan fingerprint density at radius 3 is 2.71 bits per heavy atom. The summed E-state index contributed by atoms with van der Waals surface area (Å²) in [5, 5.41) is 3.02. The molecular weight excluding hydrogens is 270 g/mol. The van der Waals surface area contributed by atoms with Crippen molar-refractivity contribution in [3.8, 4) is 0 Å². The Morgan fingerprint density at radius 2 is 2.19 bits per heavy atom. The molecule has 3 atom stereocenters. The highest BCUT2D eigenvalue weighted by molar-refractivity contribution is 6.37. The van der Waals surface area contributed by atoms with Gasteiger partial charge in [0.1, 0.15) is 0 Å². The zero-order chi connectivity index (χ0) is 16.0. The average Bonchev–Trinajstić information content (AvgIpc) is 2.93. The maximum Gasteiger partial charge on any atom is 0.287 e. The van der Waals surface area contributed by atoms with Gasteiger partial charge in [-0.15, -0.1) is 0 Å². The van der Waals surface area contributed by atoms with E-state index < -0.39 is 17.7 Å². The van der Waals surface area contributed by atoms with Crippen LogP contribution in [0.2, 0.25) is 0 Å². The van der Waals surface area contributed by atoms with Crippen LogP contribution in [-0.4, -0.2) is 41.6 Å². The highest BCUT2D eigenvalue weighted by Gasteiger charge is 2.30. The highest BCUT2D eigenvalue weighted by Crippen LogP contribution is 2.21. The Bertz CT molecular complexity index is 422. The summed E-state index contributed by atoms with van der Waals surface area (Å²) in [6.45, 7) is 8.66. The molecule has 0 aliphatic carbocycles. The van der Waals surface area contributed by atoms with Gasteiger partial charge in [0, 0.05) is 12.2 Å². The first-order valence-corrected chi connectivity index (χ1v) is 7.40. The quantitative estimate of drug-likeness (QED) is 0.480. The molecule has 21 heavy (non-hydrogen) atoms. The number of hydrogen-bond donors (Lipinski definition) is 2. The lowest BCUT2D eigenvalue weighted by atomic mass is 9.95. The number of carbonyl (C=O) groups excluding carboxylic acids is 3. The zero-order valence-corrected chi connectivity index (χ0v) is 12.8. The first kappa shape index (κ1) is 17.2. The molecule has 1 aliphatic rings. The minimum absolute atomic E-state index is 0.123. The van der Waals surface area contributed by atoms with E-state index >= 15 is 0 Å². The monoisotopic (exact) mass is 295 g/mol. The summed E-state index contributed by atoms with van der Waals surface area (Å²) in [6.07, 6.45) is 3.94. The van der Waals surface area contributed by atoms with Crippen molar-refractivity contribution in [2.45, 2.75) is 51.6 Å². The third kappa shape index (κ3) is 4.58. The molecule has 0 spiro atoms. The summed E-state index contributed by atoms with van der Waals surface area (Å²) in [7, 11) is 0. The van der Waals surface area contributed by atoms with Crippen molar-refractivity contribution in [2.24, 2.45) is 11.7 Å². The van der Waals surface area contributed by atoms with Crippen molar-refractivity contribution in [3.05, 3.63) is 12.3 Å². The number of Topliss-reactive ketones (excluding diaryl/α,β-unsaturated/α-hetero) is 1. The molecule has 3 N–H and O–H groups in total. The van der Waals surface area contributed by atoms with Crippen LogP contribution in [0.3, 0.4) is 0 Å². The Kier molecular flexibility index (Phi) is 6.39. The van der Waals surface area contributed by atoms with Gasteiger partial charge in [0.05, 0.1) is 12.1 Å². The van der Waals surface area contributed by atoms with Gasteiger partial charge in [-0.1, -0.05) is 26.8 Å². The summed E-state index contributed by atoms with van der Waals surface area (Å²) in [5.74, 6) is -1.29. The van der Waals surface area contributed by atoms with Gasteiger partial charge in [-0.3, -0.25) is 14.4 Å². The number of nitrogens with zero attached hydrogens (tertiary/aromatic N) is 1. The molecule has 1 rings (SSSR count). The fourth-order valence-electron chi connectivity index (χ4n) is 2.58. The van der Waals surface area contributed by atoms with E-state index in [9.17, 15) is 14.4 Å². The van der Waals surface area contributed by atoms with Gasteiger partial charge >= 0.3 is 0 Å². The van der Waals surface area contributed by atoms with Gasteiger partial charge in [-0.2, -0.15) is 0 Å². The van der Waals surface area contributed by atoms with Crippen molar-refractivity contribution in [1.29, 1.82) is 0 Å². The molecule has 3 unspecified atom stereocenters. The van der Waals surface area contributed by atoms with E-state index in [2.05, 4.69) is 11.9 Å². The highest BCUT2D eigenvalue weighted by atomic mass is 16.2. The van der Waals surface area contributed by atoms with Crippen LogP contribution in [0.5, 0.6) is 0 Å². The van der Waals surface area contributed by atoms with Crippen LogP contribution in [0.25, 0.3) is 0 Å². The number of amides is 2. The number of nitrogens with one attached hydrogen (secondary N) is 1. The number of primary amides is 1. The van der Waals surface area contributed by atoms with Crippen molar-refractivity contribution in [3.63, 3.8) is 0 Å². The number of ketones is 1. The van der Waals surface area contributed by atoms with Gasteiger partial charge in [-0.05, 0) is 25.2 Å². The van der Waals surface area contributed by atoms with E-state index in [-0.39, 0.29) is 12.0 Å². The minimum atomic E-state index is -0.942. The normalized spacial score (nSPS) is 20.7. The van der Waals surface area contributed by atoms with E-state index in [1.165, 1.54) is 0 Å². The SMILES string of the molecule is C=C(NC(CC(C)CC)C(=O)C(N)=O)C1CCCN1C=O. The number of carbonyl (C=O) groups is 3. The van der Waals surface area contributed by atoms with Gasteiger partial charge in [0.15, 0.2) is 0 Å². The Morgan fingerprint density at radius 1 is 1.52 bits per heavy atom. The molecule has 0 radical (unpaired) electrons. The molecule has 2 amide bonds. The molecule has 0 aromatic heterocycles. The summed E-state index contributed by atoms with van der Waals surface area (Å²) >= 11 is 0.